The van der Waals surface area contributed by atoms with E-state index in [9.17, 15) is 9.59 Å². The van der Waals surface area contributed by atoms with E-state index >= 15 is 0 Å². The number of unbranched alkanes of at least 4 members (excludes halogenated alkanes) is 1. The molecule has 0 spiro atoms. The number of aryl methyl sites for hydroxylation is 2. The van der Waals surface area contributed by atoms with E-state index in [0.717, 1.165) is 29.5 Å². The zero-order valence-corrected chi connectivity index (χ0v) is 23.1. The Bertz CT molecular complexity index is 1200. The Labute approximate surface area is 229 Å². The van der Waals surface area contributed by atoms with E-state index in [1.54, 1.807) is 23.1 Å². The normalized spacial score (nSPS) is 11.6. The van der Waals surface area contributed by atoms with Crippen LogP contribution in [0.1, 0.15) is 42.0 Å². The molecule has 0 aliphatic rings. The molecule has 0 fully saturated rings. The number of carbonyl (C=O) groups is 2. The highest BCUT2D eigenvalue weighted by Gasteiger charge is 2.31. The highest BCUT2D eigenvalue weighted by atomic mass is 35.5. The molecule has 0 saturated heterocycles. The summed E-state index contributed by atoms with van der Waals surface area (Å²) in [6.45, 7) is 6.49. The molecule has 1 atom stereocenters. The Balaban J connectivity index is 1.92. The van der Waals surface area contributed by atoms with Crippen LogP contribution in [-0.4, -0.2) is 35.9 Å². The Kier molecular flexibility index (Phi) is 10.8. The first-order valence-corrected chi connectivity index (χ1v) is 13.3. The number of nitrogens with zero attached hydrogens (tertiary/aromatic N) is 1. The molecule has 3 rings (SSSR count). The minimum atomic E-state index is -0.749. The Hall–Kier alpha value is -3.02. The van der Waals surface area contributed by atoms with Gasteiger partial charge in [0.2, 0.25) is 5.91 Å². The zero-order valence-electron chi connectivity index (χ0n) is 21.6. The lowest BCUT2D eigenvalue weighted by atomic mass is 10.0. The van der Waals surface area contributed by atoms with Crippen molar-refractivity contribution in [2.45, 2.75) is 52.6 Å². The van der Waals surface area contributed by atoms with E-state index in [1.807, 2.05) is 62.4 Å². The first-order valence-electron chi connectivity index (χ1n) is 12.5. The molecule has 0 unspecified atom stereocenters. The van der Waals surface area contributed by atoms with E-state index in [2.05, 4.69) is 12.2 Å². The summed E-state index contributed by atoms with van der Waals surface area (Å²) >= 11 is 12.6. The van der Waals surface area contributed by atoms with Crippen LogP contribution in [0.25, 0.3) is 0 Å². The van der Waals surface area contributed by atoms with Crippen molar-refractivity contribution in [2.24, 2.45) is 0 Å². The van der Waals surface area contributed by atoms with Gasteiger partial charge in [-0.25, -0.2) is 0 Å². The van der Waals surface area contributed by atoms with Crippen LogP contribution in [0.3, 0.4) is 0 Å². The molecule has 7 heteroatoms. The second kappa shape index (κ2) is 14.1. The first-order chi connectivity index (χ1) is 17.8. The van der Waals surface area contributed by atoms with Crippen molar-refractivity contribution in [2.75, 3.05) is 13.2 Å². The lowest BCUT2D eigenvalue weighted by Gasteiger charge is -2.32. The number of carbonyl (C=O) groups excluding carboxylic acids is 2. The van der Waals surface area contributed by atoms with Gasteiger partial charge in [0.25, 0.3) is 5.91 Å². The zero-order chi connectivity index (χ0) is 26.8. The predicted octanol–water partition coefficient (Wildman–Crippen LogP) is 6.55. The third-order valence-corrected chi connectivity index (χ3v) is 6.72. The molecule has 0 aliphatic heterocycles. The maximum absolute atomic E-state index is 13.7. The van der Waals surface area contributed by atoms with Gasteiger partial charge in [-0.05, 0) is 55.2 Å². The monoisotopic (exact) mass is 540 g/mol. The molecule has 2 amide bonds. The third-order valence-electron chi connectivity index (χ3n) is 6.14. The molecule has 1 N–H and O–H groups in total. The molecule has 37 heavy (non-hydrogen) atoms. The molecule has 3 aromatic carbocycles. The van der Waals surface area contributed by atoms with E-state index < -0.39 is 6.04 Å². The summed E-state index contributed by atoms with van der Waals surface area (Å²) in [7, 11) is 0. The molecule has 0 aliphatic carbocycles. The average molecular weight is 542 g/mol. The van der Waals surface area contributed by atoms with Gasteiger partial charge in [-0.2, -0.15) is 0 Å². The number of hydrogen-bond donors (Lipinski definition) is 1. The highest BCUT2D eigenvalue weighted by molar-refractivity contribution is 6.35. The summed E-state index contributed by atoms with van der Waals surface area (Å²) in [5, 5.41) is 3.95. The molecule has 196 valence electrons. The molecule has 0 heterocycles. The topological polar surface area (TPSA) is 58.6 Å². The fraction of sp³-hybridized carbons (Fsp3) is 0.333. The fourth-order valence-corrected chi connectivity index (χ4v) is 4.55. The Morgan fingerprint density at radius 2 is 1.76 bits per heavy atom. The molecule has 0 saturated carbocycles. The van der Waals surface area contributed by atoms with Crippen LogP contribution in [0.15, 0.2) is 66.7 Å². The molecule has 0 bridgehead atoms. The van der Waals surface area contributed by atoms with Crippen LogP contribution in [-0.2, 0) is 22.6 Å². The number of halogens is 2. The minimum Gasteiger partial charge on any atom is -0.483 e. The van der Waals surface area contributed by atoms with Crippen LogP contribution in [0.5, 0.6) is 5.75 Å². The lowest BCUT2D eigenvalue weighted by Crippen LogP contribution is -2.51. The second-order valence-electron chi connectivity index (χ2n) is 9.17. The maximum atomic E-state index is 13.7. The number of amides is 2. The van der Waals surface area contributed by atoms with Crippen molar-refractivity contribution in [3.05, 3.63) is 99.0 Å². The largest absolute Gasteiger partial charge is 0.483 e. The van der Waals surface area contributed by atoms with Crippen molar-refractivity contribution in [3.63, 3.8) is 0 Å². The van der Waals surface area contributed by atoms with Crippen LogP contribution >= 0.6 is 23.2 Å². The van der Waals surface area contributed by atoms with E-state index in [-0.39, 0.29) is 25.0 Å². The highest BCUT2D eigenvalue weighted by Crippen LogP contribution is 2.25. The van der Waals surface area contributed by atoms with Crippen molar-refractivity contribution >= 4 is 35.0 Å². The third kappa shape index (κ3) is 8.51. The standard InChI is InChI=1S/C30H34Cl2N2O3/c1-4-5-15-33-30(36)27(17-23-9-7-6-8-10-23)34(19-24-12-13-25(31)18-26(24)32)29(35)20-37-28-14-11-21(2)16-22(28)3/h6-14,16,18,27H,4-5,15,17,19-20H2,1-3H3,(H,33,36)/t27-/m0/s1. The van der Waals surface area contributed by atoms with Crippen molar-refractivity contribution in [1.82, 2.24) is 10.2 Å². The molecule has 0 radical (unpaired) electrons. The number of rotatable bonds is 12. The fourth-order valence-electron chi connectivity index (χ4n) is 4.08. The van der Waals surface area contributed by atoms with Crippen molar-refractivity contribution < 1.29 is 14.3 Å². The summed E-state index contributed by atoms with van der Waals surface area (Å²) < 4.78 is 5.92. The van der Waals surface area contributed by atoms with E-state index in [0.29, 0.717) is 34.3 Å². The second-order valence-corrected chi connectivity index (χ2v) is 10.0. The van der Waals surface area contributed by atoms with E-state index in [4.69, 9.17) is 27.9 Å². The summed E-state index contributed by atoms with van der Waals surface area (Å²) in [5.74, 6) is 0.121. The van der Waals surface area contributed by atoms with Gasteiger partial charge >= 0.3 is 0 Å². The quantitative estimate of drug-likeness (QED) is 0.265. The number of ether oxygens (including phenoxy) is 1. The number of hydrogen-bond acceptors (Lipinski definition) is 3. The van der Waals surface area contributed by atoms with Gasteiger partial charge in [0, 0.05) is 29.6 Å². The van der Waals surface area contributed by atoms with Crippen molar-refractivity contribution in [1.29, 1.82) is 0 Å². The molecule has 5 nitrogen and oxygen atoms in total. The van der Waals surface area contributed by atoms with Crippen LogP contribution in [0.2, 0.25) is 10.0 Å². The summed E-state index contributed by atoms with van der Waals surface area (Å²) in [6, 6.07) is 19.9. The molecular weight excluding hydrogens is 507 g/mol. The van der Waals surface area contributed by atoms with Gasteiger partial charge in [0.05, 0.1) is 0 Å². The van der Waals surface area contributed by atoms with Crippen LogP contribution in [0, 0.1) is 13.8 Å². The smallest absolute Gasteiger partial charge is 0.261 e. The van der Waals surface area contributed by atoms with Crippen LogP contribution < -0.4 is 10.1 Å². The SMILES string of the molecule is CCCCNC(=O)[C@H](Cc1ccccc1)N(Cc1ccc(Cl)cc1Cl)C(=O)COc1ccc(C)cc1C. The van der Waals surface area contributed by atoms with Gasteiger partial charge in [-0.15, -0.1) is 0 Å². The average Bonchev–Trinajstić information content (AvgIpc) is 2.87. The van der Waals surface area contributed by atoms with E-state index in [1.165, 1.54) is 0 Å². The summed E-state index contributed by atoms with van der Waals surface area (Å²) in [4.78, 5) is 28.7. The molecular formula is C30H34Cl2N2O3. The summed E-state index contributed by atoms with van der Waals surface area (Å²) in [6.07, 6.45) is 2.17. The molecule has 0 aromatic heterocycles. The van der Waals surface area contributed by atoms with Gasteiger partial charge in [-0.3, -0.25) is 9.59 Å². The number of nitrogens with one attached hydrogen (secondary N) is 1. The summed E-state index contributed by atoms with van der Waals surface area (Å²) in [5.41, 5.74) is 3.71. The van der Waals surface area contributed by atoms with Gasteiger partial charge in [0.15, 0.2) is 6.61 Å². The first kappa shape index (κ1) is 28.5. The Morgan fingerprint density at radius 1 is 1.00 bits per heavy atom. The van der Waals surface area contributed by atoms with Gasteiger partial charge < -0.3 is 15.0 Å². The molecule has 3 aromatic rings. The van der Waals surface area contributed by atoms with Gasteiger partial charge in [0.1, 0.15) is 11.8 Å². The Morgan fingerprint density at radius 3 is 2.43 bits per heavy atom. The van der Waals surface area contributed by atoms with Crippen molar-refractivity contribution in [3.8, 4) is 5.75 Å². The predicted molar refractivity (Wildman–Crippen MR) is 150 cm³/mol. The maximum Gasteiger partial charge on any atom is 0.261 e. The van der Waals surface area contributed by atoms with Crippen LogP contribution in [0.4, 0.5) is 0 Å². The minimum absolute atomic E-state index is 0.143. The van der Waals surface area contributed by atoms with Gasteiger partial charge in [-0.1, -0.05) is 90.6 Å². The number of benzene rings is 3. The lowest BCUT2D eigenvalue weighted by molar-refractivity contribution is -0.142.